The lowest BCUT2D eigenvalue weighted by Gasteiger charge is -2.11. The molecule has 2 aromatic carbocycles. The van der Waals surface area contributed by atoms with Gasteiger partial charge >= 0.3 is 5.97 Å². The van der Waals surface area contributed by atoms with E-state index in [1.165, 1.54) is 11.3 Å². The molecule has 0 spiro atoms. The third-order valence-corrected chi connectivity index (χ3v) is 5.00. The van der Waals surface area contributed by atoms with Crippen LogP contribution in [-0.2, 0) is 16.1 Å². The van der Waals surface area contributed by atoms with Gasteiger partial charge in [0.1, 0.15) is 11.6 Å². The molecular formula is C22H23NO6S. The second kappa shape index (κ2) is 10.5. The highest BCUT2D eigenvalue weighted by atomic mass is 32.1. The van der Waals surface area contributed by atoms with Crippen LogP contribution in [0.4, 0.5) is 0 Å². The number of thiazole rings is 1. The molecule has 0 amide bonds. The van der Waals surface area contributed by atoms with E-state index in [1.807, 2.05) is 42.6 Å². The van der Waals surface area contributed by atoms with Crippen molar-refractivity contribution >= 4 is 17.3 Å². The number of hydrogen-bond acceptors (Lipinski definition) is 8. The minimum atomic E-state index is -0.484. The van der Waals surface area contributed by atoms with Gasteiger partial charge in [-0.2, -0.15) is 0 Å². The molecule has 0 fully saturated rings. The molecule has 7 nitrogen and oxygen atoms in total. The smallest absolute Gasteiger partial charge is 0.344 e. The van der Waals surface area contributed by atoms with Gasteiger partial charge in [-0.1, -0.05) is 12.1 Å². The van der Waals surface area contributed by atoms with Crippen molar-refractivity contribution in [3.63, 3.8) is 0 Å². The summed E-state index contributed by atoms with van der Waals surface area (Å²) in [6, 6.07) is 12.8. The number of aromatic nitrogens is 1. The number of ether oxygens (including phenoxy) is 5. The molecule has 0 bridgehead atoms. The molecule has 158 valence electrons. The van der Waals surface area contributed by atoms with E-state index in [4.69, 9.17) is 23.7 Å². The first-order chi connectivity index (χ1) is 14.6. The molecule has 1 aromatic heterocycles. The Bertz CT molecular complexity index is 987. The highest BCUT2D eigenvalue weighted by Crippen LogP contribution is 2.33. The van der Waals surface area contributed by atoms with Crippen molar-refractivity contribution in [2.75, 3.05) is 27.4 Å². The minimum Gasteiger partial charge on any atom is -0.493 e. The molecule has 3 rings (SSSR count). The molecule has 0 aliphatic heterocycles. The first-order valence-corrected chi connectivity index (χ1v) is 10.2. The van der Waals surface area contributed by atoms with Crippen molar-refractivity contribution in [2.45, 2.75) is 13.5 Å². The van der Waals surface area contributed by atoms with Crippen LogP contribution in [0.25, 0.3) is 10.6 Å². The van der Waals surface area contributed by atoms with Gasteiger partial charge in [-0.15, -0.1) is 11.3 Å². The van der Waals surface area contributed by atoms with Gasteiger partial charge in [-0.05, 0) is 37.3 Å². The number of benzene rings is 2. The largest absolute Gasteiger partial charge is 0.493 e. The summed E-state index contributed by atoms with van der Waals surface area (Å²) in [4.78, 5) is 16.6. The Hall–Kier alpha value is -3.26. The Labute approximate surface area is 179 Å². The zero-order valence-corrected chi connectivity index (χ0v) is 17.9. The van der Waals surface area contributed by atoms with Crippen LogP contribution in [0.3, 0.4) is 0 Å². The van der Waals surface area contributed by atoms with E-state index in [2.05, 4.69) is 4.98 Å². The Balaban J connectivity index is 1.55. The molecular weight excluding hydrogens is 406 g/mol. The second-order valence-corrected chi connectivity index (χ2v) is 6.90. The van der Waals surface area contributed by atoms with Crippen LogP contribution >= 0.6 is 11.3 Å². The van der Waals surface area contributed by atoms with Gasteiger partial charge < -0.3 is 23.7 Å². The molecule has 0 saturated heterocycles. The van der Waals surface area contributed by atoms with Gasteiger partial charge in [-0.3, -0.25) is 0 Å². The quantitative estimate of drug-likeness (QED) is 0.444. The molecule has 0 aliphatic carbocycles. The predicted octanol–water partition coefficient (Wildman–Crippen LogP) is 4.35. The maximum atomic E-state index is 12.0. The number of rotatable bonds is 10. The van der Waals surface area contributed by atoms with E-state index in [0.717, 1.165) is 10.6 Å². The summed E-state index contributed by atoms with van der Waals surface area (Å²) in [5.74, 6) is 1.88. The fraction of sp³-hybridized carbons (Fsp3) is 0.273. The molecule has 1 heterocycles. The van der Waals surface area contributed by atoms with Crippen LogP contribution in [0.2, 0.25) is 0 Å². The summed E-state index contributed by atoms with van der Waals surface area (Å²) in [5, 5.41) is 2.65. The van der Waals surface area contributed by atoms with Crippen LogP contribution in [0.1, 0.15) is 12.6 Å². The average Bonchev–Trinajstić information content (AvgIpc) is 3.26. The predicted molar refractivity (Wildman–Crippen MR) is 114 cm³/mol. The lowest BCUT2D eigenvalue weighted by molar-refractivity contribution is -0.147. The van der Waals surface area contributed by atoms with E-state index in [9.17, 15) is 4.79 Å². The third kappa shape index (κ3) is 5.42. The maximum Gasteiger partial charge on any atom is 0.344 e. The van der Waals surface area contributed by atoms with Gasteiger partial charge in [0, 0.05) is 10.9 Å². The van der Waals surface area contributed by atoms with E-state index >= 15 is 0 Å². The Morgan fingerprint density at radius 1 is 0.967 bits per heavy atom. The summed E-state index contributed by atoms with van der Waals surface area (Å²) in [5.41, 5.74) is 1.55. The Morgan fingerprint density at radius 2 is 1.70 bits per heavy atom. The summed E-state index contributed by atoms with van der Waals surface area (Å²) >= 11 is 1.46. The highest BCUT2D eigenvalue weighted by molar-refractivity contribution is 7.13. The summed E-state index contributed by atoms with van der Waals surface area (Å²) in [6.45, 7) is 2.25. The highest BCUT2D eigenvalue weighted by Gasteiger charge is 2.12. The number of carbonyl (C=O) groups excluding carboxylic acids is 1. The molecule has 3 aromatic rings. The van der Waals surface area contributed by atoms with Gasteiger partial charge in [-0.25, -0.2) is 9.78 Å². The molecule has 8 heteroatoms. The van der Waals surface area contributed by atoms with Gasteiger partial charge in [0.2, 0.25) is 0 Å². The number of para-hydroxylation sites is 2. The second-order valence-electron chi connectivity index (χ2n) is 6.04. The molecule has 0 radical (unpaired) electrons. The fourth-order valence-electron chi connectivity index (χ4n) is 2.65. The third-order valence-electron chi connectivity index (χ3n) is 4.06. The van der Waals surface area contributed by atoms with Crippen LogP contribution in [-0.4, -0.2) is 38.4 Å². The maximum absolute atomic E-state index is 12.0. The monoisotopic (exact) mass is 429 g/mol. The first kappa shape index (κ1) is 21.4. The zero-order chi connectivity index (χ0) is 21.3. The van der Waals surface area contributed by atoms with Gasteiger partial charge in [0.05, 0.1) is 26.5 Å². The number of esters is 1. The number of carbonyl (C=O) groups is 1. The molecule has 30 heavy (non-hydrogen) atoms. The molecule has 0 N–H and O–H groups in total. The summed E-state index contributed by atoms with van der Waals surface area (Å²) in [6.07, 6.45) is 0. The number of nitrogens with zero attached hydrogens (tertiary/aromatic N) is 1. The van der Waals surface area contributed by atoms with Crippen molar-refractivity contribution in [3.8, 4) is 33.6 Å². The van der Waals surface area contributed by atoms with Crippen molar-refractivity contribution in [2.24, 2.45) is 0 Å². The lowest BCUT2D eigenvalue weighted by Crippen LogP contribution is -2.15. The lowest BCUT2D eigenvalue weighted by atomic mass is 10.2. The van der Waals surface area contributed by atoms with Crippen LogP contribution in [0.5, 0.6) is 23.0 Å². The zero-order valence-electron chi connectivity index (χ0n) is 17.0. The summed E-state index contributed by atoms with van der Waals surface area (Å²) in [7, 11) is 3.18. The van der Waals surface area contributed by atoms with Crippen LogP contribution in [0.15, 0.2) is 47.8 Å². The Morgan fingerprint density at radius 3 is 2.40 bits per heavy atom. The summed E-state index contributed by atoms with van der Waals surface area (Å²) < 4.78 is 26.9. The molecule has 0 atom stereocenters. The number of methoxy groups -OCH3 is 2. The first-order valence-electron chi connectivity index (χ1n) is 9.31. The normalized spacial score (nSPS) is 10.4. The number of hydrogen-bond donors (Lipinski definition) is 0. The topological polar surface area (TPSA) is 76.1 Å². The van der Waals surface area contributed by atoms with Gasteiger partial charge in [0.25, 0.3) is 0 Å². The fourth-order valence-corrected chi connectivity index (χ4v) is 3.45. The van der Waals surface area contributed by atoms with Crippen LogP contribution in [0, 0.1) is 0 Å². The van der Waals surface area contributed by atoms with Gasteiger partial charge in [0.15, 0.2) is 29.6 Å². The molecule has 0 aliphatic rings. The van der Waals surface area contributed by atoms with Crippen LogP contribution < -0.4 is 18.9 Å². The van der Waals surface area contributed by atoms with E-state index in [-0.39, 0.29) is 13.2 Å². The van der Waals surface area contributed by atoms with Crippen molar-refractivity contribution < 1.29 is 28.5 Å². The standard InChI is InChI=1S/C22H23NO6S/c1-4-27-18-7-5-6-8-19(18)28-13-21(24)29-12-16-14-30-22(23-16)15-9-10-17(25-2)20(11-15)26-3/h5-11,14H,4,12-13H2,1-3H3. The minimum absolute atomic E-state index is 0.0685. The van der Waals surface area contributed by atoms with E-state index < -0.39 is 5.97 Å². The Kier molecular flexibility index (Phi) is 7.51. The van der Waals surface area contributed by atoms with E-state index in [0.29, 0.717) is 35.3 Å². The SMILES string of the molecule is CCOc1ccccc1OCC(=O)OCc1csc(-c2ccc(OC)c(OC)c2)n1. The van der Waals surface area contributed by atoms with Crippen molar-refractivity contribution in [1.82, 2.24) is 4.98 Å². The van der Waals surface area contributed by atoms with Crippen molar-refractivity contribution in [1.29, 1.82) is 0 Å². The average molecular weight is 429 g/mol. The molecule has 0 saturated carbocycles. The van der Waals surface area contributed by atoms with Crippen molar-refractivity contribution in [3.05, 3.63) is 53.5 Å². The molecule has 0 unspecified atom stereocenters. The van der Waals surface area contributed by atoms with E-state index in [1.54, 1.807) is 26.4 Å².